The molecule has 2 aromatic rings. The number of fused-ring (bicyclic) bond motifs is 1. The van der Waals surface area contributed by atoms with E-state index in [4.69, 9.17) is 11.6 Å². The van der Waals surface area contributed by atoms with Crippen molar-refractivity contribution < 1.29 is 18.3 Å². The van der Waals surface area contributed by atoms with Crippen molar-refractivity contribution in [1.29, 1.82) is 0 Å². The zero-order valence-electron chi connectivity index (χ0n) is 13.8. The smallest absolute Gasteiger partial charge is 0.326 e. The first-order chi connectivity index (χ1) is 12.2. The highest BCUT2D eigenvalue weighted by atomic mass is 35.5. The average molecular weight is 398 g/mol. The maximum Gasteiger partial charge on any atom is 0.326 e. The molecule has 2 N–H and O–H groups in total. The summed E-state index contributed by atoms with van der Waals surface area (Å²) in [6.07, 6.45) is 1.76. The summed E-state index contributed by atoms with van der Waals surface area (Å²) in [5.41, 5.74) is 0.479. The van der Waals surface area contributed by atoms with Gasteiger partial charge in [-0.3, -0.25) is 9.36 Å². The highest BCUT2D eigenvalue weighted by molar-refractivity contribution is 7.90. The van der Waals surface area contributed by atoms with Crippen LogP contribution in [0.2, 0.25) is 5.15 Å². The molecule has 0 bridgehead atoms. The third-order valence-electron chi connectivity index (χ3n) is 4.20. The van der Waals surface area contributed by atoms with Gasteiger partial charge in [0.05, 0.1) is 10.6 Å². The molecule has 8 nitrogen and oxygen atoms in total. The molecule has 0 saturated heterocycles. The minimum Gasteiger partial charge on any atom is -0.480 e. The van der Waals surface area contributed by atoms with Gasteiger partial charge in [-0.05, 0) is 30.5 Å². The normalized spacial score (nSPS) is 16.3. The molecule has 0 spiro atoms. The standard InChI is InChI=1S/C16H16ClN3O5S/c1-26(24,25)10-4-2-3-9(7-10)8-18-14-15(21)20-11(13(17)19-14)5-6-12(20)16(22)23/h2-4,7,12H,5-6,8H2,1H3,(H,18,19)(H,22,23)/t12-/m0/s1. The Morgan fingerprint density at radius 1 is 1.46 bits per heavy atom. The third kappa shape index (κ3) is 3.45. The van der Waals surface area contributed by atoms with E-state index in [1.54, 1.807) is 12.1 Å². The van der Waals surface area contributed by atoms with E-state index in [0.717, 1.165) is 10.8 Å². The Morgan fingerprint density at radius 2 is 2.19 bits per heavy atom. The Morgan fingerprint density at radius 3 is 2.85 bits per heavy atom. The van der Waals surface area contributed by atoms with Crippen molar-refractivity contribution in [2.45, 2.75) is 30.3 Å². The largest absolute Gasteiger partial charge is 0.480 e. The number of sulfone groups is 1. The van der Waals surface area contributed by atoms with E-state index in [1.165, 1.54) is 12.1 Å². The minimum atomic E-state index is -3.34. The van der Waals surface area contributed by atoms with Crippen LogP contribution in [0.4, 0.5) is 5.82 Å². The number of carboxylic acids is 1. The topological polar surface area (TPSA) is 118 Å². The lowest BCUT2D eigenvalue weighted by atomic mass is 10.2. The van der Waals surface area contributed by atoms with Gasteiger partial charge in [-0.1, -0.05) is 23.7 Å². The molecule has 1 atom stereocenters. The number of halogens is 1. The second-order valence-electron chi connectivity index (χ2n) is 6.04. The molecule has 0 unspecified atom stereocenters. The molecular weight excluding hydrogens is 382 g/mol. The zero-order chi connectivity index (χ0) is 19.1. The fourth-order valence-electron chi connectivity index (χ4n) is 2.92. The van der Waals surface area contributed by atoms with Crippen LogP contribution in [0.15, 0.2) is 34.0 Å². The third-order valence-corrected chi connectivity index (χ3v) is 5.61. The molecule has 1 aliphatic rings. The Labute approximate surface area is 154 Å². The molecule has 0 saturated carbocycles. The van der Waals surface area contributed by atoms with E-state index in [1.807, 2.05) is 0 Å². The molecule has 10 heteroatoms. The molecule has 0 radical (unpaired) electrons. The monoisotopic (exact) mass is 397 g/mol. The van der Waals surface area contributed by atoms with Gasteiger partial charge in [0.2, 0.25) is 0 Å². The summed E-state index contributed by atoms with van der Waals surface area (Å²) in [7, 11) is -3.34. The molecule has 0 aliphatic carbocycles. The number of hydrogen-bond donors (Lipinski definition) is 2. The van der Waals surface area contributed by atoms with Gasteiger partial charge in [-0.15, -0.1) is 0 Å². The summed E-state index contributed by atoms with van der Waals surface area (Å²) in [5, 5.41) is 12.2. The number of nitrogens with zero attached hydrogens (tertiary/aromatic N) is 2. The average Bonchev–Trinajstić information content (AvgIpc) is 3.02. The van der Waals surface area contributed by atoms with Gasteiger partial charge in [0.1, 0.15) is 6.04 Å². The van der Waals surface area contributed by atoms with Gasteiger partial charge < -0.3 is 10.4 Å². The Balaban J connectivity index is 1.91. The number of carboxylic acid groups (broad SMARTS) is 1. The number of aromatic nitrogens is 2. The first kappa shape index (κ1) is 18.4. The Hall–Kier alpha value is -2.39. The van der Waals surface area contributed by atoms with E-state index in [-0.39, 0.29) is 28.8 Å². The van der Waals surface area contributed by atoms with Crippen molar-refractivity contribution in [3.8, 4) is 0 Å². The lowest BCUT2D eigenvalue weighted by Gasteiger charge is -2.13. The van der Waals surface area contributed by atoms with Crippen LogP contribution in [-0.4, -0.2) is 35.3 Å². The second kappa shape index (κ2) is 6.73. The van der Waals surface area contributed by atoms with Crippen molar-refractivity contribution in [3.63, 3.8) is 0 Å². The highest BCUT2D eigenvalue weighted by Crippen LogP contribution is 2.28. The number of carbonyl (C=O) groups is 1. The highest BCUT2D eigenvalue weighted by Gasteiger charge is 2.32. The van der Waals surface area contributed by atoms with Crippen molar-refractivity contribution in [1.82, 2.24) is 9.55 Å². The minimum absolute atomic E-state index is 0.0725. The molecule has 3 rings (SSSR count). The lowest BCUT2D eigenvalue weighted by molar-refractivity contribution is -0.140. The lowest BCUT2D eigenvalue weighted by Crippen LogP contribution is -2.30. The van der Waals surface area contributed by atoms with E-state index < -0.39 is 27.4 Å². The number of rotatable bonds is 5. The number of aliphatic carboxylic acids is 1. The molecular formula is C16H16ClN3O5S. The van der Waals surface area contributed by atoms with Crippen LogP contribution in [0.1, 0.15) is 23.7 Å². The van der Waals surface area contributed by atoms with Crippen LogP contribution in [0, 0.1) is 0 Å². The van der Waals surface area contributed by atoms with Gasteiger partial charge in [0.15, 0.2) is 20.8 Å². The summed E-state index contributed by atoms with van der Waals surface area (Å²) in [5.74, 6) is -1.17. The van der Waals surface area contributed by atoms with Crippen molar-refractivity contribution in [2.24, 2.45) is 0 Å². The molecule has 2 heterocycles. The van der Waals surface area contributed by atoms with Crippen molar-refractivity contribution >= 4 is 33.2 Å². The van der Waals surface area contributed by atoms with Crippen LogP contribution < -0.4 is 10.9 Å². The summed E-state index contributed by atoms with van der Waals surface area (Å²) >= 11 is 6.10. The van der Waals surface area contributed by atoms with Gasteiger partial charge >= 0.3 is 5.97 Å². The molecule has 0 fully saturated rings. The van der Waals surface area contributed by atoms with Gasteiger partial charge in [0.25, 0.3) is 5.56 Å². The van der Waals surface area contributed by atoms with Crippen LogP contribution >= 0.6 is 11.6 Å². The summed E-state index contributed by atoms with van der Waals surface area (Å²) in [6, 6.07) is 5.31. The molecule has 0 amide bonds. The quantitative estimate of drug-likeness (QED) is 0.784. The van der Waals surface area contributed by atoms with Crippen molar-refractivity contribution in [2.75, 3.05) is 11.6 Å². The number of benzene rings is 1. The fraction of sp³-hybridized carbons (Fsp3) is 0.312. The van der Waals surface area contributed by atoms with E-state index in [9.17, 15) is 23.1 Å². The maximum absolute atomic E-state index is 12.6. The summed E-state index contributed by atoms with van der Waals surface area (Å²) in [4.78, 5) is 28.1. The number of nitrogens with one attached hydrogen (secondary N) is 1. The van der Waals surface area contributed by atoms with Crippen LogP contribution in [0.3, 0.4) is 0 Å². The molecule has 1 aliphatic heterocycles. The summed E-state index contributed by atoms with van der Waals surface area (Å²) in [6.45, 7) is 0.138. The zero-order valence-corrected chi connectivity index (χ0v) is 15.3. The van der Waals surface area contributed by atoms with E-state index >= 15 is 0 Å². The van der Waals surface area contributed by atoms with E-state index in [2.05, 4.69) is 10.3 Å². The van der Waals surface area contributed by atoms with Crippen LogP contribution in [0.5, 0.6) is 0 Å². The SMILES string of the molecule is CS(=O)(=O)c1cccc(CNc2nc(Cl)c3n(c2=O)[C@H](C(=O)O)CC3)c1. The molecule has 1 aromatic heterocycles. The van der Waals surface area contributed by atoms with E-state index in [0.29, 0.717) is 17.7 Å². The van der Waals surface area contributed by atoms with Gasteiger partial charge in [-0.2, -0.15) is 0 Å². The molecule has 26 heavy (non-hydrogen) atoms. The fourth-order valence-corrected chi connectivity index (χ4v) is 3.88. The first-order valence-corrected chi connectivity index (χ1v) is 10.0. The number of anilines is 1. The predicted octanol–water partition coefficient (Wildman–Crippen LogP) is 1.48. The first-order valence-electron chi connectivity index (χ1n) is 7.75. The van der Waals surface area contributed by atoms with Crippen molar-refractivity contribution in [3.05, 3.63) is 51.0 Å². The van der Waals surface area contributed by atoms with Crippen LogP contribution in [0.25, 0.3) is 0 Å². The molecule has 138 valence electrons. The van der Waals surface area contributed by atoms with Gasteiger partial charge in [-0.25, -0.2) is 18.2 Å². The summed E-state index contributed by atoms with van der Waals surface area (Å²) < 4.78 is 24.4. The second-order valence-corrected chi connectivity index (χ2v) is 8.41. The Bertz CT molecular complexity index is 1050. The van der Waals surface area contributed by atoms with Crippen LogP contribution in [-0.2, 0) is 27.6 Å². The molecule has 1 aromatic carbocycles. The maximum atomic E-state index is 12.6. The Kier molecular flexibility index (Phi) is 4.76. The number of hydrogen-bond acceptors (Lipinski definition) is 6. The van der Waals surface area contributed by atoms with Gasteiger partial charge in [0, 0.05) is 12.8 Å². The predicted molar refractivity (Wildman–Crippen MR) is 95.4 cm³/mol.